The molecule has 1 aromatic heterocycles. The average molecular weight is 274 g/mol. The molecule has 0 aliphatic heterocycles. The summed E-state index contributed by atoms with van der Waals surface area (Å²) in [6.07, 6.45) is 3.06. The normalized spacial score (nSPS) is 11.2. The molecule has 0 fully saturated rings. The Hall–Kier alpha value is -1.19. The minimum atomic E-state index is 0.602. The highest BCUT2D eigenvalue weighted by atomic mass is 32.1. The van der Waals surface area contributed by atoms with Gasteiger partial charge in [-0.15, -0.1) is 11.3 Å². The third kappa shape index (κ3) is 4.15. The number of benzene rings is 1. The Morgan fingerprint density at radius 1 is 1.16 bits per heavy atom. The second-order valence-corrected chi connectivity index (χ2v) is 6.27. The zero-order chi connectivity index (χ0) is 13.7. The SMILES string of the molecule is CCc1cnc(CNCc2ccc(C(C)C)cc2)s1. The Morgan fingerprint density at radius 3 is 2.47 bits per heavy atom. The highest BCUT2D eigenvalue weighted by Crippen LogP contribution is 2.15. The maximum absolute atomic E-state index is 4.41. The van der Waals surface area contributed by atoms with Crippen molar-refractivity contribution in [3.8, 4) is 0 Å². The quantitative estimate of drug-likeness (QED) is 0.857. The molecule has 2 nitrogen and oxygen atoms in total. The van der Waals surface area contributed by atoms with Gasteiger partial charge in [-0.1, -0.05) is 45.0 Å². The maximum atomic E-state index is 4.41. The van der Waals surface area contributed by atoms with Crippen LogP contribution in [0.1, 0.15) is 47.7 Å². The first-order chi connectivity index (χ1) is 9.19. The first-order valence-corrected chi connectivity index (χ1v) is 7.73. The highest BCUT2D eigenvalue weighted by molar-refractivity contribution is 7.11. The Labute approximate surface area is 119 Å². The third-order valence-corrected chi connectivity index (χ3v) is 4.34. The molecule has 0 saturated heterocycles. The Bertz CT molecular complexity index is 500. The lowest BCUT2D eigenvalue weighted by Crippen LogP contribution is -2.12. The number of hydrogen-bond donors (Lipinski definition) is 1. The zero-order valence-electron chi connectivity index (χ0n) is 11.9. The van der Waals surface area contributed by atoms with Crippen LogP contribution in [-0.2, 0) is 19.5 Å². The predicted molar refractivity (Wildman–Crippen MR) is 82.6 cm³/mol. The fraction of sp³-hybridized carbons (Fsp3) is 0.438. The topological polar surface area (TPSA) is 24.9 Å². The summed E-state index contributed by atoms with van der Waals surface area (Å²) in [5, 5.41) is 4.63. The Morgan fingerprint density at radius 2 is 1.89 bits per heavy atom. The first-order valence-electron chi connectivity index (χ1n) is 6.92. The van der Waals surface area contributed by atoms with Crippen molar-refractivity contribution >= 4 is 11.3 Å². The molecule has 0 amide bonds. The Kier molecular flexibility index (Phi) is 5.11. The number of thiazole rings is 1. The van der Waals surface area contributed by atoms with E-state index in [-0.39, 0.29) is 0 Å². The minimum absolute atomic E-state index is 0.602. The van der Waals surface area contributed by atoms with Gasteiger partial charge in [0.25, 0.3) is 0 Å². The first kappa shape index (κ1) is 14.2. The van der Waals surface area contributed by atoms with Crippen molar-refractivity contribution in [2.75, 3.05) is 0 Å². The van der Waals surface area contributed by atoms with Crippen molar-refractivity contribution in [1.29, 1.82) is 0 Å². The molecule has 2 rings (SSSR count). The highest BCUT2D eigenvalue weighted by Gasteiger charge is 2.01. The van der Waals surface area contributed by atoms with Crippen molar-refractivity contribution in [3.63, 3.8) is 0 Å². The van der Waals surface area contributed by atoms with Gasteiger partial charge >= 0.3 is 0 Å². The van der Waals surface area contributed by atoms with Gasteiger partial charge in [0.2, 0.25) is 0 Å². The average Bonchev–Trinajstić information content (AvgIpc) is 2.87. The molecule has 0 aliphatic carbocycles. The third-order valence-electron chi connectivity index (χ3n) is 3.20. The Balaban J connectivity index is 1.82. The molecular weight excluding hydrogens is 252 g/mol. The summed E-state index contributed by atoms with van der Waals surface area (Å²) in [6.45, 7) is 8.37. The van der Waals surface area contributed by atoms with Crippen LogP contribution in [0.2, 0.25) is 0 Å². The summed E-state index contributed by atoms with van der Waals surface area (Å²) >= 11 is 1.80. The summed E-state index contributed by atoms with van der Waals surface area (Å²) in [6, 6.07) is 8.86. The van der Waals surface area contributed by atoms with Crippen LogP contribution in [0.4, 0.5) is 0 Å². The van der Waals surface area contributed by atoms with Crippen LogP contribution >= 0.6 is 11.3 Å². The van der Waals surface area contributed by atoms with Crippen LogP contribution in [-0.4, -0.2) is 4.98 Å². The standard InChI is InChI=1S/C16H22N2S/c1-4-15-10-18-16(19-15)11-17-9-13-5-7-14(8-6-13)12(2)3/h5-8,10,12,17H,4,9,11H2,1-3H3. The van der Waals surface area contributed by atoms with Crippen molar-refractivity contribution in [3.05, 3.63) is 51.5 Å². The van der Waals surface area contributed by atoms with Crippen LogP contribution < -0.4 is 5.32 Å². The summed E-state index contributed by atoms with van der Waals surface area (Å²) < 4.78 is 0. The van der Waals surface area contributed by atoms with E-state index in [1.165, 1.54) is 21.0 Å². The van der Waals surface area contributed by atoms with E-state index in [4.69, 9.17) is 0 Å². The molecule has 0 bridgehead atoms. The van der Waals surface area contributed by atoms with E-state index < -0.39 is 0 Å². The maximum Gasteiger partial charge on any atom is 0.107 e. The molecule has 0 saturated carbocycles. The predicted octanol–water partition coefficient (Wildman–Crippen LogP) is 4.12. The number of nitrogens with one attached hydrogen (secondary N) is 1. The molecule has 0 radical (unpaired) electrons. The number of nitrogens with zero attached hydrogens (tertiary/aromatic N) is 1. The van der Waals surface area contributed by atoms with Crippen molar-refractivity contribution in [2.24, 2.45) is 0 Å². The number of hydrogen-bond acceptors (Lipinski definition) is 3. The lowest BCUT2D eigenvalue weighted by atomic mass is 10.0. The van der Waals surface area contributed by atoms with Crippen LogP contribution in [0.5, 0.6) is 0 Å². The van der Waals surface area contributed by atoms with Crippen LogP contribution in [0.3, 0.4) is 0 Å². The van der Waals surface area contributed by atoms with Gasteiger partial charge in [-0.2, -0.15) is 0 Å². The van der Waals surface area contributed by atoms with Gasteiger partial charge in [-0.05, 0) is 23.5 Å². The molecule has 102 valence electrons. The fourth-order valence-corrected chi connectivity index (χ4v) is 2.76. The summed E-state index contributed by atoms with van der Waals surface area (Å²) in [7, 11) is 0. The second kappa shape index (κ2) is 6.83. The smallest absolute Gasteiger partial charge is 0.107 e. The van der Waals surface area contributed by atoms with E-state index in [1.54, 1.807) is 11.3 Å². The monoisotopic (exact) mass is 274 g/mol. The van der Waals surface area contributed by atoms with Gasteiger partial charge in [-0.25, -0.2) is 4.98 Å². The molecule has 0 unspecified atom stereocenters. The number of aromatic nitrogens is 1. The van der Waals surface area contributed by atoms with Crippen molar-refractivity contribution < 1.29 is 0 Å². The zero-order valence-corrected chi connectivity index (χ0v) is 12.8. The van der Waals surface area contributed by atoms with Crippen LogP contribution in [0, 0.1) is 0 Å². The fourth-order valence-electron chi connectivity index (χ4n) is 1.93. The van der Waals surface area contributed by atoms with Gasteiger partial charge in [-0.3, -0.25) is 0 Å². The molecule has 1 heterocycles. The molecule has 1 N–H and O–H groups in total. The lowest BCUT2D eigenvalue weighted by molar-refractivity contribution is 0.689. The van der Waals surface area contributed by atoms with E-state index in [1.807, 2.05) is 6.20 Å². The molecule has 2 aromatic rings. The van der Waals surface area contributed by atoms with Gasteiger partial charge in [0.1, 0.15) is 5.01 Å². The van der Waals surface area contributed by atoms with Crippen molar-refractivity contribution in [1.82, 2.24) is 10.3 Å². The summed E-state index contributed by atoms with van der Waals surface area (Å²) in [5.74, 6) is 0.602. The van der Waals surface area contributed by atoms with Gasteiger partial charge < -0.3 is 5.32 Å². The van der Waals surface area contributed by atoms with E-state index in [2.05, 4.69) is 55.3 Å². The number of aryl methyl sites for hydroxylation is 1. The van der Waals surface area contributed by atoms with E-state index in [9.17, 15) is 0 Å². The van der Waals surface area contributed by atoms with E-state index in [0.717, 1.165) is 19.5 Å². The van der Waals surface area contributed by atoms with E-state index in [0.29, 0.717) is 5.92 Å². The van der Waals surface area contributed by atoms with Gasteiger partial charge in [0.05, 0.1) is 0 Å². The molecule has 0 atom stereocenters. The molecule has 19 heavy (non-hydrogen) atoms. The number of rotatable bonds is 6. The molecule has 3 heteroatoms. The van der Waals surface area contributed by atoms with Gasteiger partial charge in [0, 0.05) is 24.2 Å². The summed E-state index contributed by atoms with van der Waals surface area (Å²) in [4.78, 5) is 5.77. The lowest BCUT2D eigenvalue weighted by Gasteiger charge is -2.07. The van der Waals surface area contributed by atoms with Crippen LogP contribution in [0.25, 0.3) is 0 Å². The van der Waals surface area contributed by atoms with Crippen LogP contribution in [0.15, 0.2) is 30.5 Å². The molecule has 1 aromatic carbocycles. The van der Waals surface area contributed by atoms with E-state index >= 15 is 0 Å². The summed E-state index contributed by atoms with van der Waals surface area (Å²) in [5.41, 5.74) is 2.73. The van der Waals surface area contributed by atoms with Gasteiger partial charge in [0.15, 0.2) is 0 Å². The van der Waals surface area contributed by atoms with Crippen molar-refractivity contribution in [2.45, 2.75) is 46.2 Å². The minimum Gasteiger partial charge on any atom is -0.306 e. The largest absolute Gasteiger partial charge is 0.306 e. The molecule has 0 aliphatic rings. The second-order valence-electron chi connectivity index (χ2n) is 5.07. The molecule has 0 spiro atoms. The molecular formula is C16H22N2S.